The van der Waals surface area contributed by atoms with Crippen molar-refractivity contribution in [1.29, 1.82) is 0 Å². The van der Waals surface area contributed by atoms with Gasteiger partial charge in [-0.15, -0.1) is 0 Å². The van der Waals surface area contributed by atoms with Crippen molar-refractivity contribution in [2.24, 2.45) is 5.41 Å². The van der Waals surface area contributed by atoms with E-state index in [4.69, 9.17) is 4.74 Å². The van der Waals surface area contributed by atoms with Crippen molar-refractivity contribution in [2.75, 3.05) is 53.7 Å². The molecule has 0 radical (unpaired) electrons. The monoisotopic (exact) mass is 616 g/mol. The zero-order valence-corrected chi connectivity index (χ0v) is 24.7. The average Bonchev–Trinajstić information content (AvgIpc) is 3.54. The summed E-state index contributed by atoms with van der Waals surface area (Å²) in [4.78, 5) is 38.4. The molecular weight excluding hydrogens is 582 g/mol. The molecule has 1 aromatic carbocycles. The minimum atomic E-state index is -4.01. The highest BCUT2D eigenvalue weighted by Gasteiger charge is 2.45. The third-order valence-corrected chi connectivity index (χ3v) is 10.3. The van der Waals surface area contributed by atoms with E-state index in [1.54, 1.807) is 34.8 Å². The second-order valence-corrected chi connectivity index (χ2v) is 13.6. The largest absolute Gasteiger partial charge is 0.465 e. The standard InChI is InChI=1S/C29H34F2N6O5S/c1-2-42-24(38)19-43(40,41)20-3-4-21(22(17-20)35-12-7-28(5-6-28)8-13-35)27(39)34-23-18-37-16-11-32-25(37)26(33-23)36-14-9-29(30,31)10-15-36/h3-4,11,16-18H,2,5-10,12-15,19H2,1H3,(H,34,39). The van der Waals surface area contributed by atoms with Gasteiger partial charge in [0.25, 0.3) is 11.8 Å². The van der Waals surface area contributed by atoms with Gasteiger partial charge < -0.3 is 24.3 Å². The van der Waals surface area contributed by atoms with Gasteiger partial charge in [0.1, 0.15) is 0 Å². The van der Waals surface area contributed by atoms with Gasteiger partial charge in [-0.3, -0.25) is 9.59 Å². The molecule has 14 heteroatoms. The lowest BCUT2D eigenvalue weighted by atomic mass is 9.93. The van der Waals surface area contributed by atoms with Crippen molar-refractivity contribution in [3.05, 3.63) is 42.4 Å². The van der Waals surface area contributed by atoms with Gasteiger partial charge in [-0.05, 0) is 56.2 Å². The Morgan fingerprint density at radius 1 is 1.02 bits per heavy atom. The predicted octanol–water partition coefficient (Wildman–Crippen LogP) is 3.93. The summed E-state index contributed by atoms with van der Waals surface area (Å²) >= 11 is 0. The number of benzene rings is 1. The Morgan fingerprint density at radius 2 is 1.72 bits per heavy atom. The molecule has 1 saturated carbocycles. The van der Waals surface area contributed by atoms with Gasteiger partial charge in [0.05, 0.1) is 29.0 Å². The lowest BCUT2D eigenvalue weighted by molar-refractivity contribution is -0.139. The number of carbonyl (C=O) groups excluding carboxylic acids is 2. The number of sulfone groups is 1. The van der Waals surface area contributed by atoms with Crippen LogP contribution in [0.1, 0.15) is 55.8 Å². The smallest absolute Gasteiger partial charge is 0.321 e. The molecule has 2 aromatic heterocycles. The second kappa shape index (κ2) is 11.0. The summed E-state index contributed by atoms with van der Waals surface area (Å²) in [5, 5.41) is 2.83. The van der Waals surface area contributed by atoms with Gasteiger partial charge in [0.15, 0.2) is 32.9 Å². The maximum atomic E-state index is 13.8. The summed E-state index contributed by atoms with van der Waals surface area (Å²) in [7, 11) is -4.01. The molecule has 3 fully saturated rings. The number of imidazole rings is 1. The number of fused-ring (bicyclic) bond motifs is 1. The van der Waals surface area contributed by atoms with E-state index in [2.05, 4.69) is 15.3 Å². The van der Waals surface area contributed by atoms with Crippen LogP contribution >= 0.6 is 0 Å². The Kier molecular flexibility index (Phi) is 7.51. The summed E-state index contributed by atoms with van der Waals surface area (Å²) in [5.41, 5.74) is 1.56. The van der Waals surface area contributed by atoms with Crippen molar-refractivity contribution in [2.45, 2.75) is 56.3 Å². The Labute approximate surface area is 248 Å². The van der Waals surface area contributed by atoms with Gasteiger partial charge >= 0.3 is 5.97 Å². The van der Waals surface area contributed by atoms with Gasteiger partial charge in [0, 0.05) is 51.4 Å². The number of nitrogens with zero attached hydrogens (tertiary/aromatic N) is 5. The summed E-state index contributed by atoms with van der Waals surface area (Å²) in [6.45, 7) is 3.21. The SMILES string of the molecule is CCOC(=O)CS(=O)(=O)c1ccc(C(=O)Nc2cn3ccnc3c(N3CCC(F)(F)CC3)n2)c(N2CCC3(CC2)CC3)c1. The molecule has 1 amide bonds. The van der Waals surface area contributed by atoms with Crippen LogP contribution in [0.3, 0.4) is 0 Å². The molecule has 2 saturated heterocycles. The lowest BCUT2D eigenvalue weighted by Gasteiger charge is -2.35. The van der Waals surface area contributed by atoms with E-state index in [1.807, 2.05) is 4.90 Å². The first-order valence-electron chi connectivity index (χ1n) is 14.5. The fourth-order valence-corrected chi connectivity index (χ4v) is 7.04. The minimum Gasteiger partial charge on any atom is -0.465 e. The molecule has 2 aliphatic heterocycles. The van der Waals surface area contributed by atoms with Crippen LogP contribution in [0.25, 0.3) is 5.65 Å². The van der Waals surface area contributed by atoms with Crippen LogP contribution in [-0.2, 0) is 19.4 Å². The molecule has 4 heterocycles. The molecule has 6 rings (SSSR count). The number of ether oxygens (including phenoxy) is 1. The molecule has 0 atom stereocenters. The number of amides is 1. The van der Waals surface area contributed by atoms with Crippen LogP contribution in [0.2, 0.25) is 0 Å². The zero-order valence-electron chi connectivity index (χ0n) is 23.9. The number of halogens is 2. The van der Waals surface area contributed by atoms with Crippen molar-refractivity contribution in [3.63, 3.8) is 0 Å². The second-order valence-electron chi connectivity index (χ2n) is 11.6. The summed E-state index contributed by atoms with van der Waals surface area (Å²) < 4.78 is 60.3. The molecule has 3 aromatic rings. The van der Waals surface area contributed by atoms with Crippen molar-refractivity contribution in [1.82, 2.24) is 14.4 Å². The first-order valence-corrected chi connectivity index (χ1v) is 16.2. The van der Waals surface area contributed by atoms with Crippen LogP contribution in [0.4, 0.5) is 26.1 Å². The summed E-state index contributed by atoms with van der Waals surface area (Å²) in [5.74, 6) is -4.27. The highest BCUT2D eigenvalue weighted by molar-refractivity contribution is 7.92. The van der Waals surface area contributed by atoms with Gasteiger partial charge in [0.2, 0.25) is 0 Å². The summed E-state index contributed by atoms with van der Waals surface area (Å²) in [6.07, 6.45) is 8.51. The third-order valence-electron chi connectivity index (χ3n) is 8.70. The van der Waals surface area contributed by atoms with Crippen molar-refractivity contribution >= 4 is 44.7 Å². The zero-order chi connectivity index (χ0) is 30.4. The summed E-state index contributed by atoms with van der Waals surface area (Å²) in [6, 6.07) is 4.24. The number of anilines is 3. The minimum absolute atomic E-state index is 0.0685. The van der Waals surface area contributed by atoms with Crippen molar-refractivity contribution in [3.8, 4) is 0 Å². The molecule has 11 nitrogen and oxygen atoms in total. The van der Waals surface area contributed by atoms with Crippen LogP contribution < -0.4 is 15.1 Å². The van der Waals surface area contributed by atoms with E-state index in [1.165, 1.54) is 31.0 Å². The molecule has 3 aliphatic rings. The molecule has 1 N–H and O–H groups in total. The fraction of sp³-hybridized carbons (Fsp3) is 0.517. The first kappa shape index (κ1) is 29.3. The lowest BCUT2D eigenvalue weighted by Crippen LogP contribution is -2.40. The number of esters is 1. The molecule has 43 heavy (non-hydrogen) atoms. The molecule has 1 aliphatic carbocycles. The van der Waals surface area contributed by atoms with E-state index in [-0.39, 0.29) is 48.8 Å². The highest BCUT2D eigenvalue weighted by Crippen LogP contribution is 2.54. The molecule has 1 spiro atoms. The topological polar surface area (TPSA) is 126 Å². The number of hydrogen-bond acceptors (Lipinski definition) is 9. The average molecular weight is 617 g/mol. The first-order chi connectivity index (χ1) is 20.5. The van der Waals surface area contributed by atoms with Crippen LogP contribution in [0.5, 0.6) is 0 Å². The van der Waals surface area contributed by atoms with E-state index in [0.29, 0.717) is 35.7 Å². The fourth-order valence-electron chi connectivity index (χ4n) is 5.92. The number of carbonyl (C=O) groups is 2. The Balaban J connectivity index is 1.30. The van der Waals surface area contributed by atoms with Crippen LogP contribution in [-0.4, -0.2) is 79.1 Å². The van der Waals surface area contributed by atoms with Crippen molar-refractivity contribution < 1.29 is 31.5 Å². The normalized spacial score (nSPS) is 19.4. The molecule has 0 bridgehead atoms. The maximum Gasteiger partial charge on any atom is 0.321 e. The van der Waals surface area contributed by atoms with E-state index in [0.717, 1.165) is 12.8 Å². The Morgan fingerprint density at radius 3 is 2.40 bits per heavy atom. The number of aromatic nitrogens is 3. The maximum absolute atomic E-state index is 13.8. The van der Waals surface area contributed by atoms with E-state index < -0.39 is 33.4 Å². The van der Waals surface area contributed by atoms with Gasteiger partial charge in [-0.1, -0.05) is 0 Å². The van der Waals surface area contributed by atoms with Crippen LogP contribution in [0.15, 0.2) is 41.7 Å². The molecule has 0 unspecified atom stereocenters. The predicted molar refractivity (Wildman–Crippen MR) is 156 cm³/mol. The van der Waals surface area contributed by atoms with Gasteiger partial charge in [-0.2, -0.15) is 0 Å². The Bertz CT molecular complexity index is 1650. The van der Waals surface area contributed by atoms with Gasteiger partial charge in [-0.25, -0.2) is 27.2 Å². The van der Waals surface area contributed by atoms with E-state index in [9.17, 15) is 26.8 Å². The number of hydrogen-bond donors (Lipinski definition) is 1. The molecule has 230 valence electrons. The van der Waals surface area contributed by atoms with Crippen LogP contribution in [0, 0.1) is 5.41 Å². The third kappa shape index (κ3) is 6.15. The Hall–Kier alpha value is -3.81. The number of alkyl halides is 2. The number of nitrogens with one attached hydrogen (secondary N) is 1. The highest BCUT2D eigenvalue weighted by atomic mass is 32.2. The number of piperidine rings is 2. The number of rotatable bonds is 8. The van der Waals surface area contributed by atoms with E-state index >= 15 is 0 Å². The quantitative estimate of drug-likeness (QED) is 0.375. The molecular formula is C29H34F2N6O5S.